The lowest BCUT2D eigenvalue weighted by molar-refractivity contribution is 0.176. The predicted molar refractivity (Wildman–Crippen MR) is 95.9 cm³/mol. The van der Waals surface area contributed by atoms with E-state index in [9.17, 15) is 9.50 Å². The number of aliphatic hydroxyl groups is 1. The topological polar surface area (TPSA) is 58.5 Å². The van der Waals surface area contributed by atoms with E-state index in [0.717, 1.165) is 18.1 Å². The average molecular weight is 347 g/mol. The Kier molecular flexibility index (Phi) is 6.84. The molecule has 1 N–H and O–H groups in total. The molecule has 25 heavy (non-hydrogen) atoms. The number of rotatable bonds is 8. The molecular formula is C19H26FN3O2. The van der Waals surface area contributed by atoms with E-state index < -0.39 is 6.10 Å². The first-order chi connectivity index (χ1) is 11.9. The third-order valence-electron chi connectivity index (χ3n) is 3.72. The van der Waals surface area contributed by atoms with Crippen LogP contribution in [0.3, 0.4) is 0 Å². The maximum atomic E-state index is 13.1. The molecule has 0 saturated carbocycles. The van der Waals surface area contributed by atoms with Crippen LogP contribution in [0, 0.1) is 18.7 Å². The zero-order valence-electron chi connectivity index (χ0n) is 15.2. The van der Waals surface area contributed by atoms with Crippen molar-refractivity contribution in [2.75, 3.05) is 25.1 Å². The number of nitrogens with zero attached hydrogens (tertiary/aromatic N) is 3. The van der Waals surface area contributed by atoms with Crippen LogP contribution in [0.2, 0.25) is 0 Å². The Bertz CT molecular complexity index is 677. The smallest absolute Gasteiger partial charge is 0.156 e. The molecule has 1 aromatic heterocycles. The van der Waals surface area contributed by atoms with Gasteiger partial charge in [0.05, 0.1) is 6.10 Å². The number of aryl methyl sites for hydroxylation is 1. The number of methoxy groups -OCH3 is 1. The molecule has 0 aliphatic carbocycles. The molecule has 1 aromatic carbocycles. The Morgan fingerprint density at radius 1 is 1.16 bits per heavy atom. The van der Waals surface area contributed by atoms with Crippen molar-refractivity contribution in [3.63, 3.8) is 0 Å². The van der Waals surface area contributed by atoms with Gasteiger partial charge in [0, 0.05) is 32.0 Å². The second-order valence-electron chi connectivity index (χ2n) is 6.58. The number of hydrogen-bond acceptors (Lipinski definition) is 5. The van der Waals surface area contributed by atoms with Gasteiger partial charge in [0.1, 0.15) is 18.2 Å². The second kappa shape index (κ2) is 8.87. The molecule has 0 bridgehead atoms. The van der Waals surface area contributed by atoms with E-state index in [1.54, 1.807) is 19.2 Å². The van der Waals surface area contributed by atoms with Gasteiger partial charge >= 0.3 is 0 Å². The maximum Gasteiger partial charge on any atom is 0.156 e. The molecule has 0 amide bonds. The Labute approximate surface area is 148 Å². The predicted octanol–water partition coefficient (Wildman–Crippen LogP) is 3.27. The highest BCUT2D eigenvalue weighted by molar-refractivity contribution is 5.40. The minimum absolute atomic E-state index is 0.314. The van der Waals surface area contributed by atoms with Crippen LogP contribution in [0.4, 0.5) is 10.2 Å². The van der Waals surface area contributed by atoms with Gasteiger partial charge in [0.15, 0.2) is 5.82 Å². The van der Waals surface area contributed by atoms with E-state index in [2.05, 4.69) is 23.8 Å². The van der Waals surface area contributed by atoms with Crippen LogP contribution in [0.15, 0.2) is 30.3 Å². The molecule has 0 aliphatic heterocycles. The second-order valence-corrected chi connectivity index (χ2v) is 6.58. The molecule has 5 nitrogen and oxygen atoms in total. The highest BCUT2D eigenvalue weighted by atomic mass is 19.1. The van der Waals surface area contributed by atoms with Crippen LogP contribution in [0.5, 0.6) is 0 Å². The quantitative estimate of drug-likeness (QED) is 0.794. The number of aliphatic hydroxyl groups excluding tert-OH is 1. The maximum absolute atomic E-state index is 13.1. The lowest BCUT2D eigenvalue weighted by Crippen LogP contribution is -2.33. The molecule has 136 valence electrons. The number of benzene rings is 1. The van der Waals surface area contributed by atoms with E-state index in [0.29, 0.717) is 30.5 Å². The van der Waals surface area contributed by atoms with Crippen LogP contribution in [0.25, 0.3) is 0 Å². The van der Waals surface area contributed by atoms with E-state index in [1.165, 1.54) is 12.1 Å². The van der Waals surface area contributed by atoms with Crippen molar-refractivity contribution in [3.8, 4) is 0 Å². The fourth-order valence-corrected chi connectivity index (χ4v) is 2.67. The molecule has 0 saturated heterocycles. The van der Waals surface area contributed by atoms with Crippen LogP contribution in [-0.2, 0) is 11.3 Å². The summed E-state index contributed by atoms with van der Waals surface area (Å²) in [7, 11) is 1.61. The zero-order valence-corrected chi connectivity index (χ0v) is 15.2. The summed E-state index contributed by atoms with van der Waals surface area (Å²) in [6.07, 6.45) is -0.736. The van der Waals surface area contributed by atoms with E-state index in [-0.39, 0.29) is 5.82 Å². The SMILES string of the molecule is COCc1nc(C)cc(N(CC(C)C)CC(O)c2ccc(F)cc2)n1. The number of hydrogen-bond donors (Lipinski definition) is 1. The van der Waals surface area contributed by atoms with Crippen molar-refractivity contribution >= 4 is 5.82 Å². The van der Waals surface area contributed by atoms with Crippen LogP contribution >= 0.6 is 0 Å². The molecule has 0 aliphatic rings. The molecule has 1 atom stereocenters. The first-order valence-electron chi connectivity index (χ1n) is 8.41. The van der Waals surface area contributed by atoms with Crippen molar-refractivity contribution in [2.45, 2.75) is 33.5 Å². The molecule has 0 radical (unpaired) electrons. The van der Waals surface area contributed by atoms with Gasteiger partial charge in [-0.05, 0) is 30.5 Å². The van der Waals surface area contributed by atoms with Crippen molar-refractivity contribution in [3.05, 3.63) is 53.2 Å². The van der Waals surface area contributed by atoms with Crippen molar-refractivity contribution in [1.29, 1.82) is 0 Å². The molecule has 1 heterocycles. The zero-order chi connectivity index (χ0) is 18.4. The molecule has 6 heteroatoms. The van der Waals surface area contributed by atoms with Gasteiger partial charge in [-0.1, -0.05) is 26.0 Å². The summed E-state index contributed by atoms with van der Waals surface area (Å²) in [5.74, 6) is 1.45. The largest absolute Gasteiger partial charge is 0.387 e. The Morgan fingerprint density at radius 3 is 2.44 bits per heavy atom. The summed E-state index contributed by atoms with van der Waals surface area (Å²) in [6, 6.07) is 7.83. The fraction of sp³-hybridized carbons (Fsp3) is 0.474. The average Bonchev–Trinajstić information content (AvgIpc) is 2.54. The summed E-state index contributed by atoms with van der Waals surface area (Å²) < 4.78 is 18.2. The van der Waals surface area contributed by atoms with Gasteiger partial charge in [-0.2, -0.15) is 0 Å². The highest BCUT2D eigenvalue weighted by Gasteiger charge is 2.18. The van der Waals surface area contributed by atoms with Gasteiger partial charge < -0.3 is 14.7 Å². The van der Waals surface area contributed by atoms with Gasteiger partial charge in [-0.15, -0.1) is 0 Å². The lowest BCUT2D eigenvalue weighted by Gasteiger charge is -2.28. The first-order valence-corrected chi connectivity index (χ1v) is 8.41. The number of anilines is 1. The molecular weight excluding hydrogens is 321 g/mol. The van der Waals surface area contributed by atoms with Crippen LogP contribution < -0.4 is 4.90 Å². The van der Waals surface area contributed by atoms with Crippen molar-refractivity contribution in [1.82, 2.24) is 9.97 Å². The van der Waals surface area contributed by atoms with Gasteiger partial charge in [0.2, 0.25) is 0 Å². The van der Waals surface area contributed by atoms with Gasteiger partial charge in [-0.3, -0.25) is 0 Å². The number of halogens is 1. The van der Waals surface area contributed by atoms with Gasteiger partial charge in [0.25, 0.3) is 0 Å². The summed E-state index contributed by atoms with van der Waals surface area (Å²) in [5.41, 5.74) is 1.53. The minimum atomic E-state index is -0.736. The first kappa shape index (κ1) is 19.3. The van der Waals surface area contributed by atoms with Crippen molar-refractivity contribution < 1.29 is 14.2 Å². The minimum Gasteiger partial charge on any atom is -0.387 e. The summed E-state index contributed by atoms with van der Waals surface area (Å²) in [6.45, 7) is 7.58. The summed E-state index contributed by atoms with van der Waals surface area (Å²) >= 11 is 0. The standard InChI is InChI=1S/C19H26FN3O2/c1-13(2)10-23(11-17(24)15-5-7-16(20)8-6-15)19-9-14(3)21-18(22-19)12-25-4/h5-9,13,17,24H,10-12H2,1-4H3. The molecule has 0 spiro atoms. The molecule has 2 rings (SSSR count). The van der Waals surface area contributed by atoms with E-state index >= 15 is 0 Å². The van der Waals surface area contributed by atoms with Crippen molar-refractivity contribution in [2.24, 2.45) is 5.92 Å². The monoisotopic (exact) mass is 347 g/mol. The van der Waals surface area contributed by atoms with E-state index in [4.69, 9.17) is 4.74 Å². The Morgan fingerprint density at radius 2 is 1.84 bits per heavy atom. The third-order valence-corrected chi connectivity index (χ3v) is 3.72. The summed E-state index contributed by atoms with van der Waals surface area (Å²) in [4.78, 5) is 11.0. The normalized spacial score (nSPS) is 12.4. The number of aromatic nitrogens is 2. The summed E-state index contributed by atoms with van der Waals surface area (Å²) in [5, 5.41) is 10.6. The van der Waals surface area contributed by atoms with Crippen LogP contribution in [0.1, 0.15) is 37.0 Å². The Hall–Kier alpha value is -2.05. The van der Waals surface area contributed by atoms with E-state index in [1.807, 2.05) is 17.9 Å². The van der Waals surface area contributed by atoms with Crippen LogP contribution in [-0.4, -0.2) is 35.3 Å². The Balaban J connectivity index is 2.25. The molecule has 0 fully saturated rings. The lowest BCUT2D eigenvalue weighted by atomic mass is 10.1. The highest BCUT2D eigenvalue weighted by Crippen LogP contribution is 2.21. The number of ether oxygens (including phenoxy) is 1. The molecule has 2 aromatic rings. The van der Waals surface area contributed by atoms with Gasteiger partial charge in [-0.25, -0.2) is 14.4 Å². The third kappa shape index (κ3) is 5.76. The fourth-order valence-electron chi connectivity index (χ4n) is 2.67. The molecule has 1 unspecified atom stereocenters.